The molecule has 1 aromatic heterocycles. The molecule has 180 valence electrons. The average Bonchev–Trinajstić information content (AvgIpc) is 2.88. The molecule has 0 unspecified atom stereocenters. The van der Waals surface area contributed by atoms with Gasteiger partial charge in [-0.1, -0.05) is 0 Å². The Morgan fingerprint density at radius 3 is 1.91 bits per heavy atom. The fourth-order valence-corrected chi connectivity index (χ4v) is 3.44. The van der Waals surface area contributed by atoms with Crippen LogP contribution in [-0.4, -0.2) is 39.5 Å². The first-order valence-corrected chi connectivity index (χ1v) is 10.6. The summed E-state index contributed by atoms with van der Waals surface area (Å²) in [6, 6.07) is 17.1. The van der Waals surface area contributed by atoms with Crippen molar-refractivity contribution in [3.05, 3.63) is 66.9 Å². The van der Waals surface area contributed by atoms with E-state index >= 15 is 0 Å². The van der Waals surface area contributed by atoms with E-state index in [1.807, 2.05) is 6.07 Å². The maximum Gasteiger partial charge on any atom is 0.323 e. The van der Waals surface area contributed by atoms with Crippen LogP contribution in [0.5, 0.6) is 34.5 Å². The number of aromatic nitrogens is 1. The lowest BCUT2D eigenvalue weighted by Gasteiger charge is -2.13. The zero-order valence-electron chi connectivity index (χ0n) is 19.7. The number of urea groups is 1. The molecule has 3 aromatic carbocycles. The van der Waals surface area contributed by atoms with Crippen LogP contribution in [0.4, 0.5) is 16.2 Å². The van der Waals surface area contributed by atoms with Crippen LogP contribution in [0.1, 0.15) is 0 Å². The monoisotopic (exact) mass is 475 g/mol. The molecular formula is C26H25N3O6. The first kappa shape index (κ1) is 23.5. The maximum absolute atomic E-state index is 12.5. The van der Waals surface area contributed by atoms with E-state index in [0.717, 1.165) is 5.39 Å². The van der Waals surface area contributed by atoms with E-state index in [0.29, 0.717) is 51.4 Å². The second-order valence-electron chi connectivity index (χ2n) is 7.34. The summed E-state index contributed by atoms with van der Waals surface area (Å²) < 4.78 is 27.3. The zero-order valence-corrected chi connectivity index (χ0v) is 19.7. The van der Waals surface area contributed by atoms with Gasteiger partial charge in [0.1, 0.15) is 23.0 Å². The van der Waals surface area contributed by atoms with Gasteiger partial charge in [0.15, 0.2) is 11.5 Å². The third-order valence-electron chi connectivity index (χ3n) is 5.16. The van der Waals surface area contributed by atoms with Gasteiger partial charge in [0, 0.05) is 47.2 Å². The minimum atomic E-state index is -0.407. The number of pyridine rings is 1. The highest BCUT2D eigenvalue weighted by atomic mass is 16.5. The topological polar surface area (TPSA) is 100 Å². The number of benzene rings is 3. The van der Waals surface area contributed by atoms with Crippen molar-refractivity contribution in [1.82, 2.24) is 4.98 Å². The van der Waals surface area contributed by atoms with E-state index in [9.17, 15) is 4.79 Å². The summed E-state index contributed by atoms with van der Waals surface area (Å²) in [7, 11) is 6.25. The standard InChI is InChI=1S/C26H25N3O6/c1-31-19-11-17(12-20(13-19)32-2)29-26(30)28-16-5-7-18(8-6-16)35-23-9-10-27-22-15-25(34-4)24(33-3)14-21(22)23/h5-15H,1-4H3,(H2,28,29,30). The Balaban J connectivity index is 1.46. The number of carbonyl (C=O) groups excluding carboxylic acids is 1. The van der Waals surface area contributed by atoms with Gasteiger partial charge in [-0.05, 0) is 36.4 Å². The minimum Gasteiger partial charge on any atom is -0.497 e. The fraction of sp³-hybridized carbons (Fsp3) is 0.154. The Bertz CT molecular complexity index is 1320. The molecule has 0 radical (unpaired) electrons. The Hall–Kier alpha value is -4.66. The van der Waals surface area contributed by atoms with Crippen LogP contribution in [0, 0.1) is 0 Å². The van der Waals surface area contributed by atoms with Crippen LogP contribution in [0.2, 0.25) is 0 Å². The predicted octanol–water partition coefficient (Wildman–Crippen LogP) is 5.71. The maximum atomic E-state index is 12.5. The first-order valence-electron chi connectivity index (χ1n) is 10.6. The lowest BCUT2D eigenvalue weighted by atomic mass is 10.2. The van der Waals surface area contributed by atoms with Crippen molar-refractivity contribution in [2.24, 2.45) is 0 Å². The van der Waals surface area contributed by atoms with Gasteiger partial charge < -0.3 is 34.3 Å². The molecule has 0 saturated heterocycles. The first-order chi connectivity index (χ1) is 17.0. The number of ether oxygens (including phenoxy) is 5. The van der Waals surface area contributed by atoms with Gasteiger partial charge in [-0.3, -0.25) is 4.98 Å². The fourth-order valence-electron chi connectivity index (χ4n) is 3.44. The van der Waals surface area contributed by atoms with Gasteiger partial charge in [0.25, 0.3) is 0 Å². The summed E-state index contributed by atoms with van der Waals surface area (Å²) >= 11 is 0. The summed E-state index contributed by atoms with van der Waals surface area (Å²) in [6.45, 7) is 0. The molecular weight excluding hydrogens is 450 g/mol. The molecule has 0 aliphatic rings. The van der Waals surface area contributed by atoms with Gasteiger partial charge >= 0.3 is 6.03 Å². The van der Waals surface area contributed by atoms with E-state index < -0.39 is 6.03 Å². The number of amides is 2. The third-order valence-corrected chi connectivity index (χ3v) is 5.16. The van der Waals surface area contributed by atoms with E-state index in [4.69, 9.17) is 23.7 Å². The number of nitrogens with zero attached hydrogens (tertiary/aromatic N) is 1. The Labute approximate surface area is 202 Å². The molecule has 1 heterocycles. The van der Waals surface area contributed by atoms with Crippen molar-refractivity contribution in [3.63, 3.8) is 0 Å². The van der Waals surface area contributed by atoms with Crippen molar-refractivity contribution < 1.29 is 28.5 Å². The van der Waals surface area contributed by atoms with Crippen molar-refractivity contribution in [2.45, 2.75) is 0 Å². The van der Waals surface area contributed by atoms with E-state index in [-0.39, 0.29) is 0 Å². The number of methoxy groups -OCH3 is 4. The second kappa shape index (κ2) is 10.5. The molecule has 0 aliphatic carbocycles. The molecule has 4 rings (SSSR count). The van der Waals surface area contributed by atoms with E-state index in [1.165, 1.54) is 0 Å². The van der Waals surface area contributed by atoms with Crippen molar-refractivity contribution in [1.29, 1.82) is 0 Å². The molecule has 2 amide bonds. The Kier molecular flexibility index (Phi) is 7.06. The molecule has 4 aromatic rings. The van der Waals surface area contributed by atoms with Gasteiger partial charge in [-0.15, -0.1) is 0 Å². The van der Waals surface area contributed by atoms with Crippen LogP contribution in [0.15, 0.2) is 66.9 Å². The number of fused-ring (bicyclic) bond motifs is 1. The molecule has 0 spiro atoms. The van der Waals surface area contributed by atoms with Crippen LogP contribution in [0.3, 0.4) is 0 Å². The molecule has 0 fully saturated rings. The third kappa shape index (κ3) is 5.47. The summed E-state index contributed by atoms with van der Waals surface area (Å²) in [5.41, 5.74) is 1.84. The molecule has 9 nitrogen and oxygen atoms in total. The van der Waals surface area contributed by atoms with Crippen molar-refractivity contribution >= 4 is 28.3 Å². The largest absolute Gasteiger partial charge is 0.497 e. The molecule has 0 bridgehead atoms. The zero-order chi connectivity index (χ0) is 24.8. The molecule has 0 aliphatic heterocycles. The molecule has 2 N–H and O–H groups in total. The summed E-state index contributed by atoms with van der Waals surface area (Å²) in [6.07, 6.45) is 1.66. The molecule has 0 saturated carbocycles. The summed E-state index contributed by atoms with van der Waals surface area (Å²) in [5, 5.41) is 6.33. The normalized spacial score (nSPS) is 10.4. The smallest absolute Gasteiger partial charge is 0.323 e. The summed E-state index contributed by atoms with van der Waals surface area (Å²) in [5.74, 6) is 3.52. The SMILES string of the molecule is COc1cc(NC(=O)Nc2ccc(Oc3ccnc4cc(OC)c(OC)cc34)cc2)cc(OC)c1. The average molecular weight is 476 g/mol. The number of nitrogens with one attached hydrogen (secondary N) is 2. The van der Waals surface area contributed by atoms with Crippen LogP contribution >= 0.6 is 0 Å². The van der Waals surface area contributed by atoms with Crippen LogP contribution < -0.4 is 34.3 Å². The van der Waals surface area contributed by atoms with Gasteiger partial charge in [0.05, 0.1) is 34.0 Å². The molecule has 35 heavy (non-hydrogen) atoms. The highest BCUT2D eigenvalue weighted by Crippen LogP contribution is 2.37. The quantitative estimate of drug-likeness (QED) is 0.337. The van der Waals surface area contributed by atoms with Crippen LogP contribution in [-0.2, 0) is 0 Å². The number of hydrogen-bond acceptors (Lipinski definition) is 7. The Morgan fingerprint density at radius 1 is 0.657 bits per heavy atom. The molecule has 0 atom stereocenters. The number of rotatable bonds is 8. The number of carbonyl (C=O) groups is 1. The summed E-state index contributed by atoms with van der Waals surface area (Å²) in [4.78, 5) is 16.8. The van der Waals surface area contributed by atoms with Crippen molar-refractivity contribution in [2.75, 3.05) is 39.1 Å². The van der Waals surface area contributed by atoms with E-state index in [1.54, 1.807) is 89.2 Å². The van der Waals surface area contributed by atoms with Gasteiger partial charge in [0.2, 0.25) is 0 Å². The minimum absolute atomic E-state index is 0.407. The highest BCUT2D eigenvalue weighted by Gasteiger charge is 2.12. The van der Waals surface area contributed by atoms with Crippen molar-refractivity contribution in [3.8, 4) is 34.5 Å². The van der Waals surface area contributed by atoms with E-state index in [2.05, 4.69) is 15.6 Å². The second-order valence-corrected chi connectivity index (χ2v) is 7.34. The van der Waals surface area contributed by atoms with Gasteiger partial charge in [-0.25, -0.2) is 4.79 Å². The highest BCUT2D eigenvalue weighted by molar-refractivity contribution is 6.00. The van der Waals surface area contributed by atoms with Crippen LogP contribution in [0.25, 0.3) is 10.9 Å². The number of hydrogen-bond donors (Lipinski definition) is 2. The lowest BCUT2D eigenvalue weighted by molar-refractivity contribution is 0.262. The number of anilines is 2. The van der Waals surface area contributed by atoms with Gasteiger partial charge in [-0.2, -0.15) is 0 Å². The molecule has 9 heteroatoms. The Morgan fingerprint density at radius 2 is 1.29 bits per heavy atom. The predicted molar refractivity (Wildman–Crippen MR) is 134 cm³/mol. The lowest BCUT2D eigenvalue weighted by Crippen LogP contribution is -2.19.